The molecule has 28 heavy (non-hydrogen) atoms. The van der Waals surface area contributed by atoms with Crippen molar-refractivity contribution in [2.75, 3.05) is 0 Å². The maximum absolute atomic E-state index is 6.13. The number of benzene rings is 1. The van der Waals surface area contributed by atoms with Crippen LogP contribution in [-0.4, -0.2) is 0 Å². The van der Waals surface area contributed by atoms with Gasteiger partial charge in [-0.1, -0.05) is 113 Å². The Morgan fingerprint density at radius 2 is 1.18 bits per heavy atom. The molecule has 0 radical (unpaired) electrons. The number of hydrogen-bond donors (Lipinski definition) is 1. The molecule has 0 aliphatic carbocycles. The average molecular weight is 384 g/mol. The highest BCUT2D eigenvalue weighted by molar-refractivity contribution is 5.20. The van der Waals surface area contributed by atoms with E-state index >= 15 is 0 Å². The first kappa shape index (κ1) is 24.5. The third-order valence-electron chi connectivity index (χ3n) is 5.37. The Balaban J connectivity index is 1.84. The molecule has 1 aromatic rings. The predicted octanol–water partition coefficient (Wildman–Crippen LogP) is 8.50. The van der Waals surface area contributed by atoms with Gasteiger partial charge in [0.05, 0.1) is 0 Å². The summed E-state index contributed by atoms with van der Waals surface area (Å²) < 4.78 is 0. The minimum absolute atomic E-state index is 0.882. The predicted molar refractivity (Wildman–Crippen MR) is 126 cm³/mol. The zero-order chi connectivity index (χ0) is 20.1. The van der Waals surface area contributed by atoms with E-state index in [0.717, 1.165) is 18.5 Å². The SMILES string of the molecule is CCCCCCCCC=CCCCCCCCCC=C(N)Cc1ccccc1. The van der Waals surface area contributed by atoms with Crippen LogP contribution >= 0.6 is 0 Å². The van der Waals surface area contributed by atoms with Crippen molar-refractivity contribution in [3.05, 3.63) is 59.8 Å². The molecular weight excluding hydrogens is 338 g/mol. The first-order valence-electron chi connectivity index (χ1n) is 12.0. The van der Waals surface area contributed by atoms with Crippen LogP contribution in [0, 0.1) is 0 Å². The third-order valence-corrected chi connectivity index (χ3v) is 5.37. The summed E-state index contributed by atoms with van der Waals surface area (Å²) in [7, 11) is 0. The van der Waals surface area contributed by atoms with Gasteiger partial charge < -0.3 is 5.73 Å². The first-order valence-corrected chi connectivity index (χ1v) is 12.0. The lowest BCUT2D eigenvalue weighted by molar-refractivity contribution is 0.598. The maximum atomic E-state index is 6.13. The second kappa shape index (κ2) is 18.8. The molecule has 0 amide bonds. The molecule has 0 heterocycles. The topological polar surface area (TPSA) is 26.0 Å². The Bertz CT molecular complexity index is 500. The molecule has 1 heteroatoms. The van der Waals surface area contributed by atoms with E-state index in [4.69, 9.17) is 5.73 Å². The molecule has 1 aromatic carbocycles. The van der Waals surface area contributed by atoms with Gasteiger partial charge in [0.15, 0.2) is 0 Å². The molecule has 0 aliphatic heterocycles. The molecule has 0 spiro atoms. The third kappa shape index (κ3) is 15.5. The largest absolute Gasteiger partial charge is 0.402 e. The quantitative estimate of drug-likeness (QED) is 0.199. The van der Waals surface area contributed by atoms with Crippen molar-refractivity contribution < 1.29 is 0 Å². The molecular formula is C27H45N. The molecule has 0 aliphatic rings. The molecule has 1 rings (SSSR count). The standard InChI is InChI=1S/C27H45N/c1-2-3-4-5-6-7-8-9-10-11-12-13-14-15-16-17-21-24-27(28)25-26-22-19-18-20-23-26/h9-10,18-20,22-24H,2-8,11-17,21,25,28H2,1H3. The number of hydrogen-bond acceptors (Lipinski definition) is 1. The molecule has 0 saturated heterocycles. The lowest BCUT2D eigenvalue weighted by atomic mass is 10.1. The fourth-order valence-corrected chi connectivity index (χ4v) is 3.58. The van der Waals surface area contributed by atoms with E-state index in [1.165, 1.54) is 95.5 Å². The second-order valence-electron chi connectivity index (χ2n) is 8.17. The van der Waals surface area contributed by atoms with E-state index in [1.807, 2.05) is 0 Å². The molecule has 2 N–H and O–H groups in total. The zero-order valence-corrected chi connectivity index (χ0v) is 18.5. The molecule has 0 saturated carbocycles. The van der Waals surface area contributed by atoms with E-state index in [9.17, 15) is 0 Å². The maximum Gasteiger partial charge on any atom is 0.0118 e. The van der Waals surface area contributed by atoms with Crippen molar-refractivity contribution in [3.8, 4) is 0 Å². The molecule has 158 valence electrons. The van der Waals surface area contributed by atoms with Crippen molar-refractivity contribution in [3.63, 3.8) is 0 Å². The highest BCUT2D eigenvalue weighted by atomic mass is 14.6. The molecule has 0 atom stereocenters. The van der Waals surface area contributed by atoms with E-state index in [-0.39, 0.29) is 0 Å². The summed E-state index contributed by atoms with van der Waals surface area (Å²) in [6.07, 6.45) is 28.1. The highest BCUT2D eigenvalue weighted by Gasteiger charge is 1.95. The van der Waals surface area contributed by atoms with Crippen LogP contribution in [0.2, 0.25) is 0 Å². The number of unbranched alkanes of at least 4 members (excludes halogenated alkanes) is 13. The normalized spacial score (nSPS) is 12.1. The monoisotopic (exact) mass is 383 g/mol. The smallest absolute Gasteiger partial charge is 0.0118 e. The van der Waals surface area contributed by atoms with Crippen LogP contribution < -0.4 is 5.73 Å². The minimum atomic E-state index is 0.882. The van der Waals surface area contributed by atoms with E-state index < -0.39 is 0 Å². The average Bonchev–Trinajstić information content (AvgIpc) is 2.71. The van der Waals surface area contributed by atoms with Gasteiger partial charge in [-0.15, -0.1) is 0 Å². The molecule has 0 aromatic heterocycles. The van der Waals surface area contributed by atoms with E-state index in [2.05, 4.69) is 55.5 Å². The van der Waals surface area contributed by atoms with Crippen LogP contribution in [0.5, 0.6) is 0 Å². The lowest BCUT2D eigenvalue weighted by Crippen LogP contribution is -2.01. The highest BCUT2D eigenvalue weighted by Crippen LogP contribution is 2.11. The van der Waals surface area contributed by atoms with Crippen LogP contribution in [-0.2, 0) is 6.42 Å². The fraction of sp³-hybridized carbons (Fsp3) is 0.630. The molecule has 0 fully saturated rings. The summed E-state index contributed by atoms with van der Waals surface area (Å²) in [5.41, 5.74) is 8.44. The Hall–Kier alpha value is -1.50. The summed E-state index contributed by atoms with van der Waals surface area (Å²) in [5.74, 6) is 0. The van der Waals surface area contributed by atoms with Crippen molar-refractivity contribution in [1.29, 1.82) is 0 Å². The van der Waals surface area contributed by atoms with Crippen molar-refractivity contribution in [2.24, 2.45) is 5.73 Å². The summed E-state index contributed by atoms with van der Waals surface area (Å²) >= 11 is 0. The van der Waals surface area contributed by atoms with Crippen molar-refractivity contribution in [1.82, 2.24) is 0 Å². The summed E-state index contributed by atoms with van der Waals surface area (Å²) in [4.78, 5) is 0. The number of allylic oxidation sites excluding steroid dienone is 4. The van der Waals surface area contributed by atoms with Gasteiger partial charge in [-0.2, -0.15) is 0 Å². The summed E-state index contributed by atoms with van der Waals surface area (Å²) in [5, 5.41) is 0. The number of rotatable bonds is 18. The molecule has 1 nitrogen and oxygen atoms in total. The zero-order valence-electron chi connectivity index (χ0n) is 18.5. The van der Waals surface area contributed by atoms with Crippen molar-refractivity contribution in [2.45, 2.75) is 110 Å². The van der Waals surface area contributed by atoms with Crippen LogP contribution in [0.1, 0.15) is 109 Å². The Morgan fingerprint density at radius 3 is 1.75 bits per heavy atom. The minimum Gasteiger partial charge on any atom is -0.402 e. The van der Waals surface area contributed by atoms with Gasteiger partial charge in [-0.25, -0.2) is 0 Å². The van der Waals surface area contributed by atoms with Gasteiger partial charge in [0.2, 0.25) is 0 Å². The van der Waals surface area contributed by atoms with Crippen LogP contribution in [0.4, 0.5) is 0 Å². The van der Waals surface area contributed by atoms with Crippen LogP contribution in [0.25, 0.3) is 0 Å². The molecule has 0 unspecified atom stereocenters. The van der Waals surface area contributed by atoms with E-state index in [0.29, 0.717) is 0 Å². The van der Waals surface area contributed by atoms with Gasteiger partial charge >= 0.3 is 0 Å². The van der Waals surface area contributed by atoms with Crippen LogP contribution in [0.3, 0.4) is 0 Å². The Morgan fingerprint density at radius 1 is 0.679 bits per heavy atom. The summed E-state index contributed by atoms with van der Waals surface area (Å²) in [6, 6.07) is 10.5. The Kier molecular flexibility index (Phi) is 16.5. The molecule has 0 bridgehead atoms. The fourth-order valence-electron chi connectivity index (χ4n) is 3.58. The number of nitrogens with two attached hydrogens (primary N) is 1. The van der Waals surface area contributed by atoms with Gasteiger partial charge in [-0.3, -0.25) is 0 Å². The van der Waals surface area contributed by atoms with Crippen molar-refractivity contribution >= 4 is 0 Å². The van der Waals surface area contributed by atoms with Gasteiger partial charge in [0.1, 0.15) is 0 Å². The lowest BCUT2D eigenvalue weighted by Gasteiger charge is -2.03. The Labute approximate surface area is 175 Å². The summed E-state index contributed by atoms with van der Waals surface area (Å²) in [6.45, 7) is 2.28. The second-order valence-corrected chi connectivity index (χ2v) is 8.17. The van der Waals surface area contributed by atoms with Gasteiger partial charge in [0, 0.05) is 12.1 Å². The van der Waals surface area contributed by atoms with Gasteiger partial charge in [-0.05, 0) is 44.1 Å². The van der Waals surface area contributed by atoms with Gasteiger partial charge in [0.25, 0.3) is 0 Å². The van der Waals surface area contributed by atoms with Crippen LogP contribution in [0.15, 0.2) is 54.3 Å². The van der Waals surface area contributed by atoms with E-state index in [1.54, 1.807) is 0 Å². The first-order chi connectivity index (χ1) is 13.8.